The molecule has 0 N–H and O–H groups in total. The Bertz CT molecular complexity index is 769. The van der Waals surface area contributed by atoms with Gasteiger partial charge in [-0.3, -0.25) is 14.5 Å². The van der Waals surface area contributed by atoms with E-state index in [-0.39, 0.29) is 17.7 Å². The molecule has 1 atom stereocenters. The number of rotatable bonds is 1. The van der Waals surface area contributed by atoms with Crippen LogP contribution in [0.25, 0.3) is 11.6 Å². The summed E-state index contributed by atoms with van der Waals surface area (Å²) in [5, 5.41) is 2.42. The van der Waals surface area contributed by atoms with Gasteiger partial charge in [0.25, 0.3) is 0 Å². The summed E-state index contributed by atoms with van der Waals surface area (Å²) in [4.78, 5) is 24.4. The number of benzene rings is 1. The van der Waals surface area contributed by atoms with Crippen molar-refractivity contribution in [3.63, 3.8) is 0 Å². The first-order valence-corrected chi connectivity index (χ1v) is 6.60. The van der Waals surface area contributed by atoms with Crippen LogP contribution >= 0.6 is 0 Å². The van der Waals surface area contributed by atoms with Crippen LogP contribution in [0.3, 0.4) is 0 Å². The highest BCUT2D eigenvalue weighted by Gasteiger charge is 2.23. The first-order chi connectivity index (χ1) is 9.58. The molecule has 1 aromatic carbocycles. The first-order valence-electron chi connectivity index (χ1n) is 6.60. The minimum Gasteiger partial charge on any atom is -0.274 e. The van der Waals surface area contributed by atoms with Gasteiger partial charge < -0.3 is 0 Å². The standard InChI is InChI=1S/C17H15NO2/c1-11(19)18(12(2)20)15-7-8-17-14(10-15)9-13-5-3-4-6-16(13)17/h3-10,14H,1-2H3/t14-/m1/s1. The minimum absolute atomic E-state index is 0.133. The molecule has 0 fully saturated rings. The number of hydrogen-bond acceptors (Lipinski definition) is 2. The molecule has 0 unspecified atom stereocenters. The van der Waals surface area contributed by atoms with E-state index in [4.69, 9.17) is 0 Å². The average molecular weight is 265 g/mol. The lowest BCUT2D eigenvalue weighted by Crippen LogP contribution is -2.32. The summed E-state index contributed by atoms with van der Waals surface area (Å²) in [5.41, 5.74) is 1.87. The summed E-state index contributed by atoms with van der Waals surface area (Å²) >= 11 is 0. The fourth-order valence-corrected chi connectivity index (χ4v) is 2.86. The molecule has 0 bridgehead atoms. The number of hydrogen-bond donors (Lipinski definition) is 0. The van der Waals surface area contributed by atoms with Gasteiger partial charge in [0.1, 0.15) is 0 Å². The monoisotopic (exact) mass is 265 g/mol. The topological polar surface area (TPSA) is 37.4 Å². The van der Waals surface area contributed by atoms with Crippen molar-refractivity contribution in [2.75, 3.05) is 0 Å². The number of allylic oxidation sites excluding steroid dienone is 3. The van der Waals surface area contributed by atoms with Crippen LogP contribution in [0.4, 0.5) is 0 Å². The molecule has 0 spiro atoms. The molecular weight excluding hydrogens is 250 g/mol. The zero-order valence-corrected chi connectivity index (χ0v) is 11.5. The lowest BCUT2D eigenvalue weighted by Gasteiger charge is -2.22. The van der Waals surface area contributed by atoms with E-state index in [1.165, 1.54) is 34.8 Å². The molecule has 100 valence electrons. The first kappa shape index (κ1) is 12.6. The van der Waals surface area contributed by atoms with Crippen molar-refractivity contribution < 1.29 is 9.59 Å². The number of carbonyl (C=O) groups excluding carboxylic acids is 2. The second-order valence-electron chi connectivity index (χ2n) is 5.03. The Hall–Kier alpha value is -2.42. The van der Waals surface area contributed by atoms with Gasteiger partial charge in [0.05, 0.1) is 0 Å². The van der Waals surface area contributed by atoms with E-state index < -0.39 is 0 Å². The van der Waals surface area contributed by atoms with Gasteiger partial charge in [0, 0.05) is 25.5 Å². The van der Waals surface area contributed by atoms with Gasteiger partial charge in [0.15, 0.2) is 0 Å². The molecule has 0 aromatic heterocycles. The molecule has 3 heteroatoms. The molecule has 3 rings (SSSR count). The smallest absolute Gasteiger partial charge is 0.230 e. The summed E-state index contributed by atoms with van der Waals surface area (Å²) in [6, 6.07) is 8.21. The summed E-state index contributed by atoms with van der Waals surface area (Å²) in [7, 11) is 0. The van der Waals surface area contributed by atoms with Crippen LogP contribution in [-0.2, 0) is 9.59 Å². The van der Waals surface area contributed by atoms with E-state index in [1.54, 1.807) is 0 Å². The van der Waals surface area contributed by atoms with Gasteiger partial charge in [-0.25, -0.2) is 0 Å². The number of amides is 2. The van der Waals surface area contributed by atoms with Crippen molar-refractivity contribution in [1.29, 1.82) is 0 Å². The highest BCUT2D eigenvalue weighted by Crippen LogP contribution is 2.27. The molecule has 0 radical (unpaired) electrons. The predicted octanol–water partition coefficient (Wildman–Crippen LogP) is 1.10. The van der Waals surface area contributed by atoms with Gasteiger partial charge >= 0.3 is 0 Å². The highest BCUT2D eigenvalue weighted by molar-refractivity contribution is 5.96. The van der Waals surface area contributed by atoms with Crippen molar-refractivity contribution in [2.24, 2.45) is 5.92 Å². The number of imide groups is 1. The van der Waals surface area contributed by atoms with Gasteiger partial charge in [0.2, 0.25) is 11.8 Å². The number of fused-ring (bicyclic) bond motifs is 2. The summed E-state index contributed by atoms with van der Waals surface area (Å²) in [6.45, 7) is 2.81. The molecule has 0 saturated heterocycles. The molecule has 0 saturated carbocycles. The average Bonchev–Trinajstić information content (AvgIpc) is 2.75. The van der Waals surface area contributed by atoms with Gasteiger partial charge in [-0.15, -0.1) is 0 Å². The lowest BCUT2D eigenvalue weighted by molar-refractivity contribution is -0.139. The predicted molar refractivity (Wildman–Crippen MR) is 77.5 cm³/mol. The Morgan fingerprint density at radius 3 is 2.40 bits per heavy atom. The molecule has 3 nitrogen and oxygen atoms in total. The number of nitrogens with zero attached hydrogens (tertiary/aromatic N) is 1. The second-order valence-corrected chi connectivity index (χ2v) is 5.03. The third-order valence-electron chi connectivity index (χ3n) is 3.66. The van der Waals surface area contributed by atoms with E-state index in [9.17, 15) is 9.59 Å². The quantitative estimate of drug-likeness (QED) is 0.762. The van der Waals surface area contributed by atoms with Crippen LogP contribution in [0.15, 0.2) is 48.2 Å². The van der Waals surface area contributed by atoms with Crippen LogP contribution in [0, 0.1) is 5.92 Å². The van der Waals surface area contributed by atoms with E-state index >= 15 is 0 Å². The third kappa shape index (κ3) is 1.92. The Labute approximate surface area is 117 Å². The van der Waals surface area contributed by atoms with E-state index in [0.717, 1.165) is 0 Å². The molecule has 0 heterocycles. The summed E-state index contributed by atoms with van der Waals surface area (Å²) < 4.78 is 0. The molecule has 1 aromatic rings. The van der Waals surface area contributed by atoms with E-state index in [1.807, 2.05) is 30.4 Å². The maximum absolute atomic E-state index is 11.6. The SMILES string of the molecule is CC(=O)N(C(C)=O)C1=C[C@H]2C=c3ccccc3=C2C=C1. The molecule has 2 aliphatic carbocycles. The fourth-order valence-electron chi connectivity index (χ4n) is 2.86. The lowest BCUT2D eigenvalue weighted by atomic mass is 9.95. The van der Waals surface area contributed by atoms with Crippen molar-refractivity contribution in [2.45, 2.75) is 13.8 Å². The van der Waals surface area contributed by atoms with Crippen molar-refractivity contribution >= 4 is 23.5 Å². The molecule has 2 aliphatic rings. The van der Waals surface area contributed by atoms with Crippen LogP contribution in [0.5, 0.6) is 0 Å². The van der Waals surface area contributed by atoms with Gasteiger partial charge in [-0.1, -0.05) is 36.4 Å². The molecule has 20 heavy (non-hydrogen) atoms. The maximum Gasteiger partial charge on any atom is 0.230 e. The van der Waals surface area contributed by atoms with Gasteiger partial charge in [-0.2, -0.15) is 0 Å². The minimum atomic E-state index is -0.257. The van der Waals surface area contributed by atoms with Crippen LogP contribution in [-0.4, -0.2) is 16.7 Å². The number of carbonyl (C=O) groups is 2. The Morgan fingerprint density at radius 1 is 1.00 bits per heavy atom. The second kappa shape index (κ2) is 4.60. The van der Waals surface area contributed by atoms with Crippen molar-refractivity contribution in [3.8, 4) is 0 Å². The zero-order chi connectivity index (χ0) is 14.3. The maximum atomic E-state index is 11.6. The van der Waals surface area contributed by atoms with E-state index in [0.29, 0.717) is 5.70 Å². The van der Waals surface area contributed by atoms with Crippen LogP contribution in [0.2, 0.25) is 0 Å². The Kier molecular flexibility index (Phi) is 2.90. The summed E-state index contributed by atoms with van der Waals surface area (Å²) in [6.07, 6.45) is 7.97. The highest BCUT2D eigenvalue weighted by atomic mass is 16.2. The Morgan fingerprint density at radius 2 is 1.70 bits per heavy atom. The van der Waals surface area contributed by atoms with Crippen LogP contribution < -0.4 is 10.4 Å². The summed E-state index contributed by atoms with van der Waals surface area (Å²) in [5.74, 6) is -0.381. The third-order valence-corrected chi connectivity index (χ3v) is 3.66. The fraction of sp³-hybridized carbons (Fsp3) is 0.176. The van der Waals surface area contributed by atoms with Crippen molar-refractivity contribution in [1.82, 2.24) is 4.90 Å². The zero-order valence-electron chi connectivity index (χ0n) is 11.5. The molecule has 0 aliphatic heterocycles. The molecule has 2 amide bonds. The largest absolute Gasteiger partial charge is 0.274 e. The Balaban J connectivity index is 2.07. The van der Waals surface area contributed by atoms with Gasteiger partial charge in [-0.05, 0) is 28.2 Å². The molecular formula is C17H15NO2. The normalized spacial score (nSPS) is 18.8. The van der Waals surface area contributed by atoms with E-state index in [2.05, 4.69) is 18.2 Å². The van der Waals surface area contributed by atoms with Crippen molar-refractivity contribution in [3.05, 3.63) is 58.6 Å². The van der Waals surface area contributed by atoms with Crippen LogP contribution in [0.1, 0.15) is 13.8 Å².